The first-order chi connectivity index (χ1) is 9.29. The van der Waals surface area contributed by atoms with E-state index in [1.165, 1.54) is 0 Å². The first-order valence-electron chi connectivity index (χ1n) is 6.58. The summed E-state index contributed by atoms with van der Waals surface area (Å²) in [5.74, 6) is 0.835. The zero-order chi connectivity index (χ0) is 13.5. The Morgan fingerprint density at radius 2 is 2.21 bits per heavy atom. The summed E-state index contributed by atoms with van der Waals surface area (Å²) in [5.41, 5.74) is 1.95. The lowest BCUT2D eigenvalue weighted by molar-refractivity contribution is 0.142. The first kappa shape index (κ1) is 13.5. The van der Waals surface area contributed by atoms with Crippen molar-refractivity contribution in [2.75, 3.05) is 18.5 Å². The van der Waals surface area contributed by atoms with Crippen molar-refractivity contribution in [3.05, 3.63) is 36.4 Å². The molecule has 0 saturated heterocycles. The smallest absolute Gasteiger partial charge is 0.207 e. The Labute approximate surface area is 113 Å². The fourth-order valence-electron chi connectivity index (χ4n) is 1.77. The summed E-state index contributed by atoms with van der Waals surface area (Å²) in [6, 6.07) is 3.98. The molecule has 0 saturated carbocycles. The molecule has 0 aliphatic rings. The van der Waals surface area contributed by atoms with Gasteiger partial charge in [0.1, 0.15) is 0 Å². The minimum Gasteiger partial charge on any atom is -0.382 e. The van der Waals surface area contributed by atoms with Crippen molar-refractivity contribution in [2.45, 2.75) is 26.8 Å². The normalized spacial score (nSPS) is 10.6. The zero-order valence-electron chi connectivity index (χ0n) is 11.5. The van der Waals surface area contributed by atoms with Crippen molar-refractivity contribution in [3.8, 4) is 0 Å². The van der Waals surface area contributed by atoms with Crippen LogP contribution in [0.5, 0.6) is 0 Å². The topological polar surface area (TPSA) is 52.0 Å². The number of aryl methyl sites for hydroxylation is 2. The highest BCUT2D eigenvalue weighted by Crippen LogP contribution is 2.14. The van der Waals surface area contributed by atoms with Crippen molar-refractivity contribution in [2.24, 2.45) is 0 Å². The van der Waals surface area contributed by atoms with Gasteiger partial charge in [-0.1, -0.05) is 0 Å². The quantitative estimate of drug-likeness (QED) is 0.778. The fraction of sp³-hybridized carbons (Fsp3) is 0.429. The van der Waals surface area contributed by atoms with Crippen LogP contribution in [0.1, 0.15) is 19.0 Å². The van der Waals surface area contributed by atoms with Crippen LogP contribution < -0.4 is 5.32 Å². The molecule has 0 aliphatic carbocycles. The van der Waals surface area contributed by atoms with Gasteiger partial charge in [-0.2, -0.15) is 0 Å². The number of rotatable bonds is 7. The molecule has 0 fully saturated rings. The Kier molecular flexibility index (Phi) is 4.92. The molecule has 2 heterocycles. The minimum absolute atomic E-state index is 0.768. The third-order valence-electron chi connectivity index (χ3n) is 2.77. The molecule has 0 radical (unpaired) electrons. The Morgan fingerprint density at radius 3 is 2.95 bits per heavy atom. The zero-order valence-corrected chi connectivity index (χ0v) is 11.5. The van der Waals surface area contributed by atoms with Crippen LogP contribution in [0, 0.1) is 6.92 Å². The van der Waals surface area contributed by atoms with E-state index in [9.17, 15) is 0 Å². The van der Waals surface area contributed by atoms with Gasteiger partial charge in [0.2, 0.25) is 5.95 Å². The molecular weight excluding hydrogens is 240 g/mol. The highest BCUT2D eigenvalue weighted by Gasteiger charge is 2.03. The second-order valence-electron chi connectivity index (χ2n) is 4.31. The molecule has 0 atom stereocenters. The van der Waals surface area contributed by atoms with E-state index in [0.717, 1.165) is 43.5 Å². The molecule has 2 rings (SSSR count). The predicted molar refractivity (Wildman–Crippen MR) is 75.6 cm³/mol. The average molecular weight is 260 g/mol. The molecule has 0 aliphatic heterocycles. The molecule has 5 heteroatoms. The van der Waals surface area contributed by atoms with Crippen LogP contribution in [0.15, 0.2) is 30.7 Å². The SMILES string of the molecule is CCOCCCn1ccnc1Nc1ccc(C)nc1. The van der Waals surface area contributed by atoms with E-state index >= 15 is 0 Å². The van der Waals surface area contributed by atoms with Gasteiger partial charge in [0.15, 0.2) is 0 Å². The molecule has 5 nitrogen and oxygen atoms in total. The Bertz CT molecular complexity index is 492. The van der Waals surface area contributed by atoms with Gasteiger partial charge in [0.05, 0.1) is 11.9 Å². The molecule has 1 N–H and O–H groups in total. The van der Waals surface area contributed by atoms with Crippen molar-refractivity contribution in [3.63, 3.8) is 0 Å². The highest BCUT2D eigenvalue weighted by atomic mass is 16.5. The summed E-state index contributed by atoms with van der Waals surface area (Å²) < 4.78 is 7.42. The van der Waals surface area contributed by atoms with Gasteiger partial charge in [-0.3, -0.25) is 4.98 Å². The lowest BCUT2D eigenvalue weighted by Gasteiger charge is -2.09. The third kappa shape index (κ3) is 4.06. The molecule has 0 bridgehead atoms. The summed E-state index contributed by atoms with van der Waals surface area (Å²) in [6.07, 6.45) is 6.56. The minimum atomic E-state index is 0.768. The van der Waals surface area contributed by atoms with Crippen LogP contribution in [0.25, 0.3) is 0 Å². The lowest BCUT2D eigenvalue weighted by atomic mass is 10.3. The van der Waals surface area contributed by atoms with Crippen LogP contribution in [0.4, 0.5) is 11.6 Å². The molecule has 0 spiro atoms. The number of anilines is 2. The van der Waals surface area contributed by atoms with Gasteiger partial charge in [0, 0.05) is 37.8 Å². The second-order valence-corrected chi connectivity index (χ2v) is 4.31. The molecule has 102 valence electrons. The van der Waals surface area contributed by atoms with Gasteiger partial charge in [-0.15, -0.1) is 0 Å². The second kappa shape index (κ2) is 6.89. The summed E-state index contributed by atoms with van der Waals surface area (Å²) >= 11 is 0. The van der Waals surface area contributed by atoms with Crippen LogP contribution in [0.2, 0.25) is 0 Å². The van der Waals surface area contributed by atoms with Gasteiger partial charge < -0.3 is 14.6 Å². The Hall–Kier alpha value is -1.88. The Morgan fingerprint density at radius 1 is 1.32 bits per heavy atom. The molecule has 0 amide bonds. The summed E-state index contributed by atoms with van der Waals surface area (Å²) in [7, 11) is 0. The first-order valence-corrected chi connectivity index (χ1v) is 6.58. The summed E-state index contributed by atoms with van der Waals surface area (Å²) in [4.78, 5) is 8.57. The maximum atomic E-state index is 5.34. The maximum absolute atomic E-state index is 5.34. The lowest BCUT2D eigenvalue weighted by Crippen LogP contribution is -2.06. The number of nitrogens with one attached hydrogen (secondary N) is 1. The van der Waals surface area contributed by atoms with E-state index in [-0.39, 0.29) is 0 Å². The summed E-state index contributed by atoms with van der Waals surface area (Å²) in [5, 5.41) is 3.27. The van der Waals surface area contributed by atoms with Crippen LogP contribution in [-0.4, -0.2) is 27.7 Å². The van der Waals surface area contributed by atoms with Gasteiger partial charge in [-0.25, -0.2) is 4.98 Å². The van der Waals surface area contributed by atoms with Gasteiger partial charge in [-0.05, 0) is 32.4 Å². The van der Waals surface area contributed by atoms with Gasteiger partial charge in [0.25, 0.3) is 0 Å². The van der Waals surface area contributed by atoms with Crippen LogP contribution in [0.3, 0.4) is 0 Å². The molecular formula is C14H20N4O. The predicted octanol–water partition coefficient (Wildman–Crippen LogP) is 2.76. The third-order valence-corrected chi connectivity index (χ3v) is 2.77. The molecule has 0 unspecified atom stereocenters. The standard InChI is InChI=1S/C14H20N4O/c1-3-19-10-4-8-18-9-7-15-14(18)17-13-6-5-12(2)16-11-13/h5-7,9,11H,3-4,8,10H2,1-2H3,(H,15,17). The average Bonchev–Trinajstić information content (AvgIpc) is 2.85. The largest absolute Gasteiger partial charge is 0.382 e. The number of hydrogen-bond donors (Lipinski definition) is 1. The number of hydrogen-bond acceptors (Lipinski definition) is 4. The van der Waals surface area contributed by atoms with Crippen molar-refractivity contribution >= 4 is 11.6 Å². The molecule has 19 heavy (non-hydrogen) atoms. The Balaban J connectivity index is 1.93. The maximum Gasteiger partial charge on any atom is 0.207 e. The highest BCUT2D eigenvalue weighted by molar-refractivity contribution is 5.52. The van der Waals surface area contributed by atoms with Crippen molar-refractivity contribution < 1.29 is 4.74 Å². The van der Waals surface area contributed by atoms with E-state index in [0.29, 0.717) is 0 Å². The molecule has 0 aromatic carbocycles. The van der Waals surface area contributed by atoms with E-state index < -0.39 is 0 Å². The number of imidazole rings is 1. The number of pyridine rings is 1. The van der Waals surface area contributed by atoms with Crippen LogP contribution >= 0.6 is 0 Å². The monoisotopic (exact) mass is 260 g/mol. The molecule has 2 aromatic rings. The number of nitrogens with zero attached hydrogens (tertiary/aromatic N) is 3. The van der Waals surface area contributed by atoms with Crippen molar-refractivity contribution in [1.82, 2.24) is 14.5 Å². The van der Waals surface area contributed by atoms with Crippen LogP contribution in [-0.2, 0) is 11.3 Å². The van der Waals surface area contributed by atoms with Crippen molar-refractivity contribution in [1.29, 1.82) is 0 Å². The molecule has 2 aromatic heterocycles. The number of ether oxygens (including phenoxy) is 1. The van der Waals surface area contributed by atoms with Gasteiger partial charge >= 0.3 is 0 Å². The van der Waals surface area contributed by atoms with E-state index in [2.05, 4.69) is 19.9 Å². The van der Waals surface area contributed by atoms with E-state index in [1.54, 1.807) is 6.20 Å². The number of aromatic nitrogens is 3. The fourth-order valence-corrected chi connectivity index (χ4v) is 1.77. The van der Waals surface area contributed by atoms with E-state index in [1.807, 2.05) is 38.4 Å². The van der Waals surface area contributed by atoms with E-state index in [4.69, 9.17) is 4.74 Å². The summed E-state index contributed by atoms with van der Waals surface area (Å²) in [6.45, 7) is 6.42.